The zero-order valence-electron chi connectivity index (χ0n) is 10.7. The van der Waals surface area contributed by atoms with Gasteiger partial charge in [-0.1, -0.05) is 48.5 Å². The van der Waals surface area contributed by atoms with Gasteiger partial charge in [-0.3, -0.25) is 0 Å². The Balaban J connectivity index is 2.10. The van der Waals surface area contributed by atoms with E-state index in [1.807, 2.05) is 0 Å². The van der Waals surface area contributed by atoms with Crippen LogP contribution in [0.1, 0.15) is 0 Å². The third kappa shape index (κ3) is 1.83. The summed E-state index contributed by atoms with van der Waals surface area (Å²) in [4.78, 5) is 3.56. The van der Waals surface area contributed by atoms with E-state index in [-0.39, 0.29) is 0 Å². The van der Waals surface area contributed by atoms with Gasteiger partial charge in [-0.05, 0) is 46.4 Å². The first-order valence-corrected chi connectivity index (χ1v) is 7.66. The molecule has 0 aliphatic carbocycles. The van der Waals surface area contributed by atoms with Crippen molar-refractivity contribution in [3.8, 4) is 11.1 Å². The molecule has 3 aromatic carbocycles. The van der Waals surface area contributed by atoms with Crippen molar-refractivity contribution < 1.29 is 0 Å². The molecule has 0 fully saturated rings. The SMILES string of the molecule is Ic1cccc(-c2cccc3c2[nH]c2ccccc23)c1. The Labute approximate surface area is 130 Å². The van der Waals surface area contributed by atoms with Gasteiger partial charge in [-0.25, -0.2) is 0 Å². The van der Waals surface area contributed by atoms with E-state index in [1.54, 1.807) is 0 Å². The molecule has 1 nitrogen and oxygen atoms in total. The van der Waals surface area contributed by atoms with E-state index in [4.69, 9.17) is 0 Å². The van der Waals surface area contributed by atoms with Gasteiger partial charge >= 0.3 is 0 Å². The maximum atomic E-state index is 3.56. The molecule has 0 bridgehead atoms. The number of para-hydroxylation sites is 2. The number of H-pyrrole nitrogens is 1. The molecule has 4 aromatic rings. The number of hydrogen-bond donors (Lipinski definition) is 1. The molecule has 1 heterocycles. The van der Waals surface area contributed by atoms with Crippen molar-refractivity contribution in [1.29, 1.82) is 0 Å². The number of benzene rings is 3. The Bertz CT molecular complexity index is 921. The summed E-state index contributed by atoms with van der Waals surface area (Å²) in [5.74, 6) is 0. The first-order chi connectivity index (χ1) is 9.83. The van der Waals surface area contributed by atoms with Crippen molar-refractivity contribution in [2.24, 2.45) is 0 Å². The second-order valence-corrected chi connectivity index (χ2v) is 6.15. The van der Waals surface area contributed by atoms with Crippen molar-refractivity contribution >= 4 is 44.4 Å². The minimum absolute atomic E-state index is 1.19. The second-order valence-electron chi connectivity index (χ2n) is 4.91. The maximum Gasteiger partial charge on any atom is 0.0544 e. The van der Waals surface area contributed by atoms with Gasteiger partial charge in [0, 0.05) is 25.4 Å². The minimum Gasteiger partial charge on any atom is -0.354 e. The molecule has 0 aliphatic heterocycles. The number of rotatable bonds is 1. The summed E-state index contributed by atoms with van der Waals surface area (Å²) in [6.45, 7) is 0. The normalized spacial score (nSPS) is 11.2. The molecule has 2 heteroatoms. The van der Waals surface area contributed by atoms with Gasteiger partial charge in [-0.2, -0.15) is 0 Å². The monoisotopic (exact) mass is 369 g/mol. The highest BCUT2D eigenvalue weighted by atomic mass is 127. The smallest absolute Gasteiger partial charge is 0.0544 e. The number of fused-ring (bicyclic) bond motifs is 3. The molecule has 4 rings (SSSR count). The molecule has 0 spiro atoms. The highest BCUT2D eigenvalue weighted by molar-refractivity contribution is 14.1. The van der Waals surface area contributed by atoms with Crippen LogP contribution in [-0.4, -0.2) is 4.98 Å². The molecule has 1 aromatic heterocycles. The topological polar surface area (TPSA) is 15.8 Å². The van der Waals surface area contributed by atoms with Crippen molar-refractivity contribution in [3.63, 3.8) is 0 Å². The van der Waals surface area contributed by atoms with Crippen LogP contribution >= 0.6 is 22.6 Å². The Hall–Kier alpha value is -1.81. The van der Waals surface area contributed by atoms with Gasteiger partial charge in [0.2, 0.25) is 0 Å². The molecule has 0 unspecified atom stereocenters. The molecule has 0 aliphatic rings. The van der Waals surface area contributed by atoms with Gasteiger partial charge in [0.1, 0.15) is 0 Å². The molecule has 0 atom stereocenters. The number of halogens is 1. The van der Waals surface area contributed by atoms with Crippen LogP contribution in [0.5, 0.6) is 0 Å². The van der Waals surface area contributed by atoms with Gasteiger partial charge in [-0.15, -0.1) is 0 Å². The van der Waals surface area contributed by atoms with Crippen LogP contribution in [0.15, 0.2) is 66.7 Å². The minimum atomic E-state index is 1.19. The summed E-state index contributed by atoms with van der Waals surface area (Å²) >= 11 is 2.36. The second kappa shape index (κ2) is 4.63. The van der Waals surface area contributed by atoms with Gasteiger partial charge < -0.3 is 4.98 Å². The van der Waals surface area contributed by atoms with Crippen molar-refractivity contribution in [2.75, 3.05) is 0 Å². The standard InChI is InChI=1S/C18H12IN/c19-13-6-3-5-12(11-13)14-8-4-9-16-15-7-1-2-10-17(15)20-18(14)16/h1-11,20H. The van der Waals surface area contributed by atoms with Crippen molar-refractivity contribution in [1.82, 2.24) is 4.98 Å². The van der Waals surface area contributed by atoms with Crippen LogP contribution in [0, 0.1) is 3.57 Å². The fraction of sp³-hybridized carbons (Fsp3) is 0. The summed E-state index contributed by atoms with van der Waals surface area (Å²) in [6.07, 6.45) is 0. The zero-order chi connectivity index (χ0) is 13.5. The van der Waals surface area contributed by atoms with Gasteiger partial charge in [0.15, 0.2) is 0 Å². The Kier molecular flexibility index (Phi) is 2.77. The molecule has 0 radical (unpaired) electrons. The van der Waals surface area contributed by atoms with E-state index in [2.05, 4.69) is 94.3 Å². The Morgan fingerprint density at radius 2 is 1.55 bits per heavy atom. The number of nitrogens with one attached hydrogen (secondary N) is 1. The molecule has 96 valence electrons. The molecule has 0 saturated carbocycles. The lowest BCUT2D eigenvalue weighted by atomic mass is 10.0. The number of aromatic amines is 1. The highest BCUT2D eigenvalue weighted by Crippen LogP contribution is 2.33. The van der Waals surface area contributed by atoms with Crippen LogP contribution in [0.3, 0.4) is 0 Å². The molecule has 0 saturated heterocycles. The van der Waals surface area contributed by atoms with Gasteiger partial charge in [0.25, 0.3) is 0 Å². The third-order valence-corrected chi connectivity index (χ3v) is 4.35. The first-order valence-electron chi connectivity index (χ1n) is 6.58. The summed E-state index contributed by atoms with van der Waals surface area (Å²) in [7, 11) is 0. The highest BCUT2D eigenvalue weighted by Gasteiger charge is 2.08. The van der Waals surface area contributed by atoms with E-state index in [9.17, 15) is 0 Å². The average molecular weight is 369 g/mol. The Morgan fingerprint density at radius 1 is 0.750 bits per heavy atom. The number of aromatic nitrogens is 1. The van der Waals surface area contributed by atoms with E-state index < -0.39 is 0 Å². The van der Waals surface area contributed by atoms with E-state index in [0.717, 1.165) is 0 Å². The molecular weight excluding hydrogens is 357 g/mol. The fourth-order valence-corrected chi connectivity index (χ4v) is 3.31. The third-order valence-electron chi connectivity index (χ3n) is 3.68. The summed E-state index contributed by atoms with van der Waals surface area (Å²) < 4.78 is 1.26. The van der Waals surface area contributed by atoms with Crippen LogP contribution in [-0.2, 0) is 0 Å². The summed E-state index contributed by atoms with van der Waals surface area (Å²) in [5.41, 5.74) is 4.93. The molecule has 20 heavy (non-hydrogen) atoms. The average Bonchev–Trinajstić information content (AvgIpc) is 2.86. The van der Waals surface area contributed by atoms with Crippen molar-refractivity contribution in [2.45, 2.75) is 0 Å². The summed E-state index contributed by atoms with van der Waals surface area (Å²) in [6, 6.07) is 23.6. The number of hydrogen-bond acceptors (Lipinski definition) is 0. The lowest BCUT2D eigenvalue weighted by molar-refractivity contribution is 1.53. The fourth-order valence-electron chi connectivity index (χ4n) is 2.77. The van der Waals surface area contributed by atoms with Crippen LogP contribution < -0.4 is 0 Å². The van der Waals surface area contributed by atoms with E-state index in [1.165, 1.54) is 36.5 Å². The summed E-state index contributed by atoms with van der Waals surface area (Å²) in [5, 5.41) is 2.58. The molecular formula is C18H12IN. The lowest BCUT2D eigenvalue weighted by Gasteiger charge is -2.04. The van der Waals surface area contributed by atoms with Gasteiger partial charge in [0.05, 0.1) is 5.52 Å². The quantitative estimate of drug-likeness (QED) is 0.421. The largest absolute Gasteiger partial charge is 0.354 e. The van der Waals surface area contributed by atoms with Crippen LogP contribution in [0.25, 0.3) is 32.9 Å². The molecule has 1 N–H and O–H groups in total. The Morgan fingerprint density at radius 3 is 2.45 bits per heavy atom. The predicted molar refractivity (Wildman–Crippen MR) is 94.0 cm³/mol. The van der Waals surface area contributed by atoms with Crippen molar-refractivity contribution in [3.05, 3.63) is 70.3 Å². The zero-order valence-corrected chi connectivity index (χ0v) is 12.9. The molecule has 0 amide bonds. The first kappa shape index (κ1) is 12.0. The van der Waals surface area contributed by atoms with E-state index in [0.29, 0.717) is 0 Å². The van der Waals surface area contributed by atoms with E-state index >= 15 is 0 Å². The van der Waals surface area contributed by atoms with Crippen LogP contribution in [0.4, 0.5) is 0 Å². The predicted octanol–water partition coefficient (Wildman–Crippen LogP) is 5.59. The lowest BCUT2D eigenvalue weighted by Crippen LogP contribution is -1.81. The van der Waals surface area contributed by atoms with Crippen LogP contribution in [0.2, 0.25) is 0 Å². The maximum absolute atomic E-state index is 3.56.